The molecule has 0 bridgehead atoms. The number of hydrogen-bond acceptors (Lipinski definition) is 2. The summed E-state index contributed by atoms with van der Waals surface area (Å²) in [6.07, 6.45) is 8.46. The van der Waals surface area contributed by atoms with Crippen molar-refractivity contribution >= 4 is 0 Å². The highest BCUT2D eigenvalue weighted by molar-refractivity contribution is 5.22. The Morgan fingerprint density at radius 3 is 2.65 bits per heavy atom. The summed E-state index contributed by atoms with van der Waals surface area (Å²) in [6.45, 7) is 4.36. The van der Waals surface area contributed by atoms with Crippen molar-refractivity contribution in [3.63, 3.8) is 0 Å². The molecule has 0 saturated heterocycles. The maximum Gasteiger partial charge on any atom is 0.0420 e. The van der Waals surface area contributed by atoms with E-state index in [0.29, 0.717) is 5.92 Å². The van der Waals surface area contributed by atoms with E-state index in [4.69, 9.17) is 5.73 Å². The lowest BCUT2D eigenvalue weighted by Crippen LogP contribution is -2.26. The molecule has 2 nitrogen and oxygen atoms in total. The zero-order valence-electron chi connectivity index (χ0n) is 11.0. The van der Waals surface area contributed by atoms with E-state index in [1.807, 2.05) is 12.3 Å². The summed E-state index contributed by atoms with van der Waals surface area (Å²) in [5.74, 6) is 1.59. The summed E-state index contributed by atoms with van der Waals surface area (Å²) >= 11 is 0. The Kier molecular flexibility index (Phi) is 4.16. The standard InChI is InChI=1S/C15H24N2/c1-3-12-6-8-13(9-7-12)15(16)14-5-4-10-17-11(14)2/h4-5,10,12-13,15H,3,6-9,16H2,1-2H3. The first-order valence-electron chi connectivity index (χ1n) is 6.89. The van der Waals surface area contributed by atoms with Crippen LogP contribution in [0.3, 0.4) is 0 Å². The third-order valence-corrected chi connectivity index (χ3v) is 4.38. The molecule has 0 radical (unpaired) electrons. The highest BCUT2D eigenvalue weighted by atomic mass is 14.7. The highest BCUT2D eigenvalue weighted by Gasteiger charge is 2.26. The van der Waals surface area contributed by atoms with Crippen molar-refractivity contribution in [3.05, 3.63) is 29.6 Å². The zero-order chi connectivity index (χ0) is 12.3. The Hall–Kier alpha value is -0.890. The Morgan fingerprint density at radius 2 is 2.06 bits per heavy atom. The average molecular weight is 232 g/mol. The van der Waals surface area contributed by atoms with Crippen LogP contribution in [0.2, 0.25) is 0 Å². The molecule has 2 rings (SSSR count). The Bertz CT molecular complexity index is 354. The number of rotatable bonds is 3. The topological polar surface area (TPSA) is 38.9 Å². The molecular weight excluding hydrogens is 208 g/mol. The van der Waals surface area contributed by atoms with E-state index in [0.717, 1.165) is 11.6 Å². The molecule has 1 saturated carbocycles. The second-order valence-electron chi connectivity index (χ2n) is 5.39. The summed E-state index contributed by atoms with van der Waals surface area (Å²) in [7, 11) is 0. The van der Waals surface area contributed by atoms with Gasteiger partial charge in [-0.15, -0.1) is 0 Å². The van der Waals surface area contributed by atoms with Crippen LogP contribution < -0.4 is 5.73 Å². The van der Waals surface area contributed by atoms with Crippen molar-refractivity contribution in [1.82, 2.24) is 4.98 Å². The fourth-order valence-corrected chi connectivity index (χ4v) is 3.06. The molecule has 0 aromatic carbocycles. The summed E-state index contributed by atoms with van der Waals surface area (Å²) < 4.78 is 0. The predicted octanol–water partition coefficient (Wildman–Crippen LogP) is 3.61. The van der Waals surface area contributed by atoms with Gasteiger partial charge in [-0.05, 0) is 43.2 Å². The quantitative estimate of drug-likeness (QED) is 0.864. The Labute approximate surface area is 105 Å². The van der Waals surface area contributed by atoms with Crippen LogP contribution in [0.4, 0.5) is 0 Å². The van der Waals surface area contributed by atoms with Crippen molar-refractivity contribution in [2.45, 2.75) is 52.0 Å². The molecule has 0 aliphatic heterocycles. The molecule has 0 amide bonds. The minimum absolute atomic E-state index is 0.182. The molecule has 2 N–H and O–H groups in total. The molecule has 1 aromatic rings. The van der Waals surface area contributed by atoms with Crippen LogP contribution >= 0.6 is 0 Å². The molecule has 17 heavy (non-hydrogen) atoms. The first kappa shape index (κ1) is 12.6. The molecule has 2 heteroatoms. The predicted molar refractivity (Wildman–Crippen MR) is 71.6 cm³/mol. The average Bonchev–Trinajstić information content (AvgIpc) is 2.39. The number of nitrogens with zero attached hydrogens (tertiary/aromatic N) is 1. The molecule has 1 aromatic heterocycles. The van der Waals surface area contributed by atoms with E-state index in [1.54, 1.807) is 0 Å². The van der Waals surface area contributed by atoms with Gasteiger partial charge in [0.2, 0.25) is 0 Å². The number of pyridine rings is 1. The van der Waals surface area contributed by atoms with E-state index in [-0.39, 0.29) is 6.04 Å². The Morgan fingerprint density at radius 1 is 1.35 bits per heavy atom. The van der Waals surface area contributed by atoms with E-state index in [2.05, 4.69) is 24.9 Å². The van der Waals surface area contributed by atoms with Crippen molar-refractivity contribution in [2.24, 2.45) is 17.6 Å². The summed E-state index contributed by atoms with van der Waals surface area (Å²) in [4.78, 5) is 4.35. The van der Waals surface area contributed by atoms with Gasteiger partial charge in [-0.1, -0.05) is 32.3 Å². The summed E-state index contributed by atoms with van der Waals surface area (Å²) in [6, 6.07) is 4.32. The molecule has 1 heterocycles. The maximum atomic E-state index is 6.42. The fraction of sp³-hybridized carbons (Fsp3) is 0.667. The van der Waals surface area contributed by atoms with Gasteiger partial charge in [0.25, 0.3) is 0 Å². The Balaban J connectivity index is 2.02. The van der Waals surface area contributed by atoms with Crippen LogP contribution in [0.15, 0.2) is 18.3 Å². The van der Waals surface area contributed by atoms with Crippen molar-refractivity contribution in [2.75, 3.05) is 0 Å². The van der Waals surface area contributed by atoms with Crippen LogP contribution in [-0.2, 0) is 0 Å². The molecule has 0 spiro atoms. The zero-order valence-corrected chi connectivity index (χ0v) is 11.0. The normalized spacial score (nSPS) is 26.8. The number of hydrogen-bond donors (Lipinski definition) is 1. The van der Waals surface area contributed by atoms with Crippen molar-refractivity contribution in [1.29, 1.82) is 0 Å². The number of aryl methyl sites for hydroxylation is 1. The molecule has 1 aliphatic carbocycles. The van der Waals surface area contributed by atoms with Gasteiger partial charge in [0.15, 0.2) is 0 Å². The van der Waals surface area contributed by atoms with Gasteiger partial charge in [-0.2, -0.15) is 0 Å². The monoisotopic (exact) mass is 232 g/mol. The van der Waals surface area contributed by atoms with Crippen molar-refractivity contribution < 1.29 is 0 Å². The SMILES string of the molecule is CCC1CCC(C(N)c2cccnc2C)CC1. The molecule has 1 aliphatic rings. The van der Waals surface area contributed by atoms with Crippen LogP contribution in [0.1, 0.15) is 56.3 Å². The third-order valence-electron chi connectivity index (χ3n) is 4.38. The van der Waals surface area contributed by atoms with E-state index in [9.17, 15) is 0 Å². The van der Waals surface area contributed by atoms with Crippen molar-refractivity contribution in [3.8, 4) is 0 Å². The summed E-state index contributed by atoms with van der Waals surface area (Å²) in [5.41, 5.74) is 8.76. The third kappa shape index (κ3) is 2.86. The molecule has 1 unspecified atom stereocenters. The molecular formula is C15H24N2. The molecule has 94 valence electrons. The van der Waals surface area contributed by atoms with Crippen LogP contribution in [-0.4, -0.2) is 4.98 Å². The lowest BCUT2D eigenvalue weighted by molar-refractivity contribution is 0.239. The van der Waals surface area contributed by atoms with Crippen LogP contribution in [0.5, 0.6) is 0 Å². The number of nitrogens with two attached hydrogens (primary N) is 1. The largest absolute Gasteiger partial charge is 0.324 e. The van der Waals surface area contributed by atoms with Gasteiger partial charge in [0.1, 0.15) is 0 Å². The van der Waals surface area contributed by atoms with Gasteiger partial charge in [-0.3, -0.25) is 4.98 Å². The van der Waals surface area contributed by atoms with E-state index >= 15 is 0 Å². The second-order valence-corrected chi connectivity index (χ2v) is 5.39. The van der Waals surface area contributed by atoms with E-state index < -0.39 is 0 Å². The lowest BCUT2D eigenvalue weighted by atomic mass is 9.76. The first-order chi connectivity index (χ1) is 8.22. The smallest absolute Gasteiger partial charge is 0.0420 e. The fourth-order valence-electron chi connectivity index (χ4n) is 3.06. The number of aromatic nitrogens is 1. The maximum absolute atomic E-state index is 6.42. The summed E-state index contributed by atoms with van der Waals surface area (Å²) in [5, 5.41) is 0. The highest BCUT2D eigenvalue weighted by Crippen LogP contribution is 2.37. The lowest BCUT2D eigenvalue weighted by Gasteiger charge is -2.32. The van der Waals surface area contributed by atoms with Gasteiger partial charge < -0.3 is 5.73 Å². The minimum atomic E-state index is 0.182. The van der Waals surface area contributed by atoms with Gasteiger partial charge in [-0.25, -0.2) is 0 Å². The van der Waals surface area contributed by atoms with Crippen LogP contribution in [0, 0.1) is 18.8 Å². The first-order valence-corrected chi connectivity index (χ1v) is 6.89. The molecule has 1 atom stereocenters. The van der Waals surface area contributed by atoms with E-state index in [1.165, 1.54) is 37.7 Å². The second kappa shape index (κ2) is 5.63. The molecule has 1 fully saturated rings. The van der Waals surface area contributed by atoms with Gasteiger partial charge in [0, 0.05) is 17.9 Å². The van der Waals surface area contributed by atoms with Gasteiger partial charge in [0.05, 0.1) is 0 Å². The minimum Gasteiger partial charge on any atom is -0.324 e. The van der Waals surface area contributed by atoms with Gasteiger partial charge >= 0.3 is 0 Å². The van der Waals surface area contributed by atoms with Crippen LogP contribution in [0.25, 0.3) is 0 Å².